The second-order valence-electron chi connectivity index (χ2n) is 6.29. The predicted octanol–water partition coefficient (Wildman–Crippen LogP) is 2.42. The van der Waals surface area contributed by atoms with Gasteiger partial charge in [-0.15, -0.1) is 0 Å². The molecule has 1 unspecified atom stereocenters. The topological polar surface area (TPSA) is 82.8 Å². The van der Waals surface area contributed by atoms with Crippen LogP contribution in [0.3, 0.4) is 0 Å². The van der Waals surface area contributed by atoms with E-state index in [2.05, 4.69) is 5.32 Å². The third-order valence-corrected chi connectivity index (χ3v) is 4.59. The van der Waals surface area contributed by atoms with Crippen LogP contribution in [0.5, 0.6) is 0 Å². The van der Waals surface area contributed by atoms with Gasteiger partial charge in [-0.3, -0.25) is 14.5 Å². The summed E-state index contributed by atoms with van der Waals surface area (Å²) in [5.41, 5.74) is 1.01. The number of aliphatic hydroxyl groups excluding tert-OH is 1. The fraction of sp³-hybridized carbons (Fsp3) is 0.444. The number of ketones is 1. The molecule has 1 atom stereocenters. The van der Waals surface area contributed by atoms with Crippen LogP contribution in [0.15, 0.2) is 28.7 Å². The van der Waals surface area contributed by atoms with Gasteiger partial charge in [0, 0.05) is 25.4 Å². The highest BCUT2D eigenvalue weighted by Gasteiger charge is 2.27. The van der Waals surface area contributed by atoms with Crippen LogP contribution in [-0.4, -0.2) is 46.9 Å². The number of likely N-dealkylation sites (tertiary alicyclic amines) is 1. The first-order valence-corrected chi connectivity index (χ1v) is 8.23. The summed E-state index contributed by atoms with van der Waals surface area (Å²) < 4.78 is 5.59. The number of fused-ring (bicyclic) bond motifs is 1. The van der Waals surface area contributed by atoms with Crippen molar-refractivity contribution < 1.29 is 19.1 Å². The van der Waals surface area contributed by atoms with Gasteiger partial charge in [0.1, 0.15) is 5.58 Å². The summed E-state index contributed by atoms with van der Waals surface area (Å²) in [7, 11) is 0. The summed E-state index contributed by atoms with van der Waals surface area (Å²) in [6.45, 7) is 4.62. The van der Waals surface area contributed by atoms with Gasteiger partial charge in [-0.2, -0.15) is 0 Å². The SMILES string of the molecule is CC(=O)c1oc2ccccc2c1NC(=O)C(C)N1CCC(O)CC1. The van der Waals surface area contributed by atoms with E-state index in [0.29, 0.717) is 37.2 Å². The number of hydrogen-bond acceptors (Lipinski definition) is 5. The van der Waals surface area contributed by atoms with Crippen LogP contribution in [0.2, 0.25) is 0 Å². The molecule has 1 aromatic carbocycles. The van der Waals surface area contributed by atoms with E-state index < -0.39 is 0 Å². The summed E-state index contributed by atoms with van der Waals surface area (Å²) in [5.74, 6) is -0.235. The molecule has 1 aromatic heterocycles. The number of nitrogens with zero attached hydrogens (tertiary/aromatic N) is 1. The molecule has 0 saturated carbocycles. The average molecular weight is 330 g/mol. The zero-order valence-corrected chi connectivity index (χ0v) is 13.9. The molecule has 24 heavy (non-hydrogen) atoms. The summed E-state index contributed by atoms with van der Waals surface area (Å²) in [5, 5.41) is 13.2. The van der Waals surface area contributed by atoms with Gasteiger partial charge in [-0.1, -0.05) is 12.1 Å². The number of aliphatic hydroxyl groups is 1. The van der Waals surface area contributed by atoms with Crippen molar-refractivity contribution in [3.05, 3.63) is 30.0 Å². The molecule has 2 heterocycles. The number of para-hydroxylation sites is 1. The zero-order valence-electron chi connectivity index (χ0n) is 13.9. The van der Waals surface area contributed by atoms with Crippen molar-refractivity contribution in [2.45, 2.75) is 38.8 Å². The Morgan fingerprint density at radius 1 is 1.29 bits per heavy atom. The first kappa shape index (κ1) is 16.7. The second-order valence-corrected chi connectivity index (χ2v) is 6.29. The molecule has 0 spiro atoms. The fourth-order valence-electron chi connectivity index (χ4n) is 3.08. The molecule has 1 aliphatic heterocycles. The van der Waals surface area contributed by atoms with Crippen molar-refractivity contribution in [2.24, 2.45) is 0 Å². The smallest absolute Gasteiger partial charge is 0.241 e. The Bertz CT molecular complexity index is 759. The number of hydrogen-bond donors (Lipinski definition) is 2. The lowest BCUT2D eigenvalue weighted by atomic mass is 10.1. The Kier molecular flexibility index (Phi) is 4.69. The van der Waals surface area contributed by atoms with Gasteiger partial charge in [-0.25, -0.2) is 0 Å². The van der Waals surface area contributed by atoms with Gasteiger partial charge in [0.2, 0.25) is 5.91 Å². The van der Waals surface area contributed by atoms with E-state index >= 15 is 0 Å². The number of nitrogens with one attached hydrogen (secondary N) is 1. The number of anilines is 1. The Labute approximate surface area is 140 Å². The standard InChI is InChI=1S/C18H22N2O4/c1-11(20-9-7-13(22)8-10-20)18(23)19-16-14-5-3-4-6-15(14)24-17(16)12(2)21/h3-6,11,13,22H,7-10H2,1-2H3,(H,19,23). The molecule has 1 fully saturated rings. The quantitative estimate of drug-likeness (QED) is 0.841. The Morgan fingerprint density at radius 3 is 2.62 bits per heavy atom. The second kappa shape index (κ2) is 6.75. The number of benzene rings is 1. The lowest BCUT2D eigenvalue weighted by molar-refractivity contribution is -0.121. The van der Waals surface area contributed by atoms with Gasteiger partial charge < -0.3 is 14.8 Å². The van der Waals surface area contributed by atoms with Crippen LogP contribution in [0.4, 0.5) is 5.69 Å². The van der Waals surface area contributed by atoms with Gasteiger partial charge in [0.05, 0.1) is 17.8 Å². The molecule has 128 valence electrons. The first-order chi connectivity index (χ1) is 11.5. The highest BCUT2D eigenvalue weighted by molar-refractivity contribution is 6.11. The molecule has 0 aliphatic carbocycles. The summed E-state index contributed by atoms with van der Waals surface area (Å²) in [6.07, 6.45) is 1.06. The summed E-state index contributed by atoms with van der Waals surface area (Å²) in [4.78, 5) is 26.5. The zero-order chi connectivity index (χ0) is 17.3. The molecule has 0 radical (unpaired) electrons. The van der Waals surface area contributed by atoms with Crippen molar-refractivity contribution >= 4 is 28.3 Å². The number of rotatable bonds is 4. The van der Waals surface area contributed by atoms with Crippen LogP contribution >= 0.6 is 0 Å². The van der Waals surface area contributed by atoms with E-state index in [4.69, 9.17) is 4.42 Å². The minimum absolute atomic E-state index is 0.172. The lowest BCUT2D eigenvalue weighted by Gasteiger charge is -2.33. The molecule has 2 aromatic rings. The molecule has 3 rings (SSSR count). The monoisotopic (exact) mass is 330 g/mol. The number of amides is 1. The molecule has 6 heteroatoms. The number of carbonyl (C=O) groups excluding carboxylic acids is 2. The van der Waals surface area contributed by atoms with E-state index in [1.165, 1.54) is 6.92 Å². The molecule has 2 N–H and O–H groups in total. The van der Waals surface area contributed by atoms with E-state index in [0.717, 1.165) is 5.39 Å². The maximum absolute atomic E-state index is 12.6. The maximum Gasteiger partial charge on any atom is 0.241 e. The molecule has 0 bridgehead atoms. The van der Waals surface area contributed by atoms with Gasteiger partial charge in [0.15, 0.2) is 11.5 Å². The van der Waals surface area contributed by atoms with Crippen LogP contribution in [-0.2, 0) is 4.79 Å². The van der Waals surface area contributed by atoms with Gasteiger partial charge in [0.25, 0.3) is 0 Å². The molecule has 1 saturated heterocycles. The third-order valence-electron chi connectivity index (χ3n) is 4.59. The number of piperidine rings is 1. The molecule has 1 amide bonds. The van der Waals surface area contributed by atoms with Crippen molar-refractivity contribution in [3.63, 3.8) is 0 Å². The molecule has 1 aliphatic rings. The van der Waals surface area contributed by atoms with Gasteiger partial charge in [-0.05, 0) is 31.9 Å². The molecule has 6 nitrogen and oxygen atoms in total. The van der Waals surface area contributed by atoms with Crippen molar-refractivity contribution in [1.29, 1.82) is 0 Å². The number of furan rings is 1. The van der Waals surface area contributed by atoms with Crippen LogP contribution in [0.25, 0.3) is 11.0 Å². The lowest BCUT2D eigenvalue weighted by Crippen LogP contribution is -2.47. The van der Waals surface area contributed by atoms with Crippen molar-refractivity contribution in [2.75, 3.05) is 18.4 Å². The molecular formula is C18H22N2O4. The largest absolute Gasteiger partial charge is 0.451 e. The molecular weight excluding hydrogens is 308 g/mol. The fourth-order valence-corrected chi connectivity index (χ4v) is 3.08. The van der Waals surface area contributed by atoms with Crippen LogP contribution in [0.1, 0.15) is 37.2 Å². The highest BCUT2D eigenvalue weighted by Crippen LogP contribution is 2.31. The number of Topliss-reactive ketones (excluding diaryl/α,β-unsaturated/α-hetero) is 1. The van der Waals surface area contributed by atoms with E-state index in [1.54, 1.807) is 6.07 Å². The van der Waals surface area contributed by atoms with E-state index in [-0.39, 0.29) is 29.6 Å². The van der Waals surface area contributed by atoms with Crippen LogP contribution in [0, 0.1) is 0 Å². The Morgan fingerprint density at radius 2 is 1.96 bits per heavy atom. The van der Waals surface area contributed by atoms with Gasteiger partial charge >= 0.3 is 0 Å². The van der Waals surface area contributed by atoms with E-state index in [1.807, 2.05) is 30.0 Å². The van der Waals surface area contributed by atoms with Crippen molar-refractivity contribution in [3.8, 4) is 0 Å². The summed E-state index contributed by atoms with van der Waals surface area (Å²) in [6, 6.07) is 6.91. The number of carbonyl (C=O) groups is 2. The normalized spacial score (nSPS) is 17.8. The highest BCUT2D eigenvalue weighted by atomic mass is 16.3. The maximum atomic E-state index is 12.6. The minimum atomic E-state index is -0.342. The first-order valence-electron chi connectivity index (χ1n) is 8.23. The minimum Gasteiger partial charge on any atom is -0.451 e. The summed E-state index contributed by atoms with van der Waals surface area (Å²) >= 11 is 0. The predicted molar refractivity (Wildman–Crippen MR) is 91.1 cm³/mol. The van der Waals surface area contributed by atoms with Crippen molar-refractivity contribution in [1.82, 2.24) is 4.90 Å². The van der Waals surface area contributed by atoms with E-state index in [9.17, 15) is 14.7 Å². The average Bonchev–Trinajstić information content (AvgIpc) is 2.94. The van der Waals surface area contributed by atoms with Crippen LogP contribution < -0.4 is 5.32 Å². The Hall–Kier alpha value is -2.18. The Balaban J connectivity index is 1.82. The third kappa shape index (κ3) is 3.20.